The minimum absolute atomic E-state index is 0.220. The summed E-state index contributed by atoms with van der Waals surface area (Å²) in [4.78, 5) is 9.10. The molecule has 27 heavy (non-hydrogen) atoms. The lowest BCUT2D eigenvalue weighted by Gasteiger charge is -2.37. The van der Waals surface area contributed by atoms with E-state index < -0.39 is 0 Å². The number of fused-ring (bicyclic) bond motifs is 1. The molecule has 1 N–H and O–H groups in total. The Balaban J connectivity index is 1.73. The zero-order valence-corrected chi connectivity index (χ0v) is 16.0. The zero-order chi connectivity index (χ0) is 18.8. The van der Waals surface area contributed by atoms with Crippen LogP contribution in [0, 0.1) is 0 Å². The van der Waals surface area contributed by atoms with Crippen LogP contribution in [0.2, 0.25) is 0 Å². The van der Waals surface area contributed by atoms with Gasteiger partial charge in [-0.2, -0.15) is 9.61 Å². The van der Waals surface area contributed by atoms with Crippen LogP contribution in [0.25, 0.3) is 16.8 Å². The molecule has 6 heteroatoms. The van der Waals surface area contributed by atoms with Crippen LogP contribution in [-0.2, 0) is 0 Å². The van der Waals surface area contributed by atoms with Gasteiger partial charge in [-0.3, -0.25) is 0 Å². The lowest BCUT2D eigenvalue weighted by Crippen LogP contribution is -2.41. The molecule has 0 amide bonds. The second-order valence-corrected chi connectivity index (χ2v) is 7.39. The fourth-order valence-electron chi connectivity index (χ4n) is 3.99. The Labute approximate surface area is 160 Å². The van der Waals surface area contributed by atoms with E-state index in [0.717, 1.165) is 42.0 Å². The molecule has 1 saturated heterocycles. The number of piperidine rings is 1. The molecular formula is C21H27N5O. The predicted octanol–water partition coefficient (Wildman–Crippen LogP) is 3.20. The van der Waals surface area contributed by atoms with Crippen LogP contribution in [0.4, 0.5) is 11.5 Å². The van der Waals surface area contributed by atoms with Crippen LogP contribution in [0.5, 0.6) is 0 Å². The van der Waals surface area contributed by atoms with Gasteiger partial charge in [0.15, 0.2) is 5.65 Å². The van der Waals surface area contributed by atoms with Crippen LogP contribution >= 0.6 is 0 Å². The van der Waals surface area contributed by atoms with Crippen LogP contribution in [-0.4, -0.2) is 53.0 Å². The number of nitrogens with zero attached hydrogens (tertiary/aromatic N) is 5. The quantitative estimate of drug-likeness (QED) is 0.752. The topological polar surface area (TPSA) is 56.9 Å². The van der Waals surface area contributed by atoms with Gasteiger partial charge in [-0.1, -0.05) is 12.1 Å². The molecule has 0 spiro atoms. The second-order valence-electron chi connectivity index (χ2n) is 7.39. The molecule has 3 heterocycles. The number of aliphatic hydroxyl groups excluding tert-OH is 1. The Kier molecular flexibility index (Phi) is 4.99. The van der Waals surface area contributed by atoms with Crippen molar-refractivity contribution in [2.45, 2.75) is 31.7 Å². The highest BCUT2D eigenvalue weighted by Gasteiger charge is 2.25. The Morgan fingerprint density at radius 1 is 1.15 bits per heavy atom. The largest absolute Gasteiger partial charge is 0.396 e. The lowest BCUT2D eigenvalue weighted by atomic mass is 9.99. The summed E-state index contributed by atoms with van der Waals surface area (Å²) < 4.78 is 1.95. The highest BCUT2D eigenvalue weighted by Crippen LogP contribution is 2.30. The van der Waals surface area contributed by atoms with E-state index >= 15 is 0 Å². The van der Waals surface area contributed by atoms with Gasteiger partial charge in [-0.05, 0) is 49.4 Å². The number of aliphatic hydroxyl groups is 1. The van der Waals surface area contributed by atoms with Crippen molar-refractivity contribution in [1.82, 2.24) is 14.6 Å². The van der Waals surface area contributed by atoms with Crippen molar-refractivity contribution in [3.05, 3.63) is 42.7 Å². The van der Waals surface area contributed by atoms with Crippen LogP contribution in [0.3, 0.4) is 0 Å². The first-order chi connectivity index (χ1) is 13.2. The summed E-state index contributed by atoms with van der Waals surface area (Å²) in [6.07, 6.45) is 8.08. The van der Waals surface area contributed by atoms with Gasteiger partial charge >= 0.3 is 0 Å². The lowest BCUT2D eigenvalue weighted by molar-refractivity contribution is 0.262. The SMILES string of the molecule is CN(C)c1ccc(-c2cnn3c(N4CCCCC4CCO)ccnc23)cc1. The molecule has 4 rings (SSSR count). The molecule has 1 aromatic carbocycles. The highest BCUT2D eigenvalue weighted by molar-refractivity contribution is 5.79. The number of hydrogen-bond acceptors (Lipinski definition) is 5. The summed E-state index contributed by atoms with van der Waals surface area (Å²) >= 11 is 0. The number of anilines is 2. The van der Waals surface area contributed by atoms with Gasteiger partial charge in [0, 0.05) is 50.7 Å². The first-order valence-corrected chi connectivity index (χ1v) is 9.67. The molecule has 3 aromatic rings. The average molecular weight is 365 g/mol. The van der Waals surface area contributed by atoms with Crippen molar-refractivity contribution < 1.29 is 5.11 Å². The molecule has 1 fully saturated rings. The molecule has 142 valence electrons. The minimum Gasteiger partial charge on any atom is -0.396 e. The first kappa shape index (κ1) is 17.8. The maximum Gasteiger partial charge on any atom is 0.165 e. The Morgan fingerprint density at radius 2 is 1.96 bits per heavy atom. The third-order valence-corrected chi connectivity index (χ3v) is 5.46. The molecule has 0 aliphatic carbocycles. The van der Waals surface area contributed by atoms with Gasteiger partial charge in [0.2, 0.25) is 0 Å². The molecular weight excluding hydrogens is 338 g/mol. The van der Waals surface area contributed by atoms with Gasteiger partial charge in [-0.15, -0.1) is 0 Å². The zero-order valence-electron chi connectivity index (χ0n) is 16.0. The number of benzene rings is 1. The van der Waals surface area contributed by atoms with Gasteiger partial charge in [0.1, 0.15) is 5.82 Å². The van der Waals surface area contributed by atoms with Crippen molar-refractivity contribution in [2.24, 2.45) is 0 Å². The van der Waals surface area contributed by atoms with Crippen LogP contribution in [0.15, 0.2) is 42.7 Å². The normalized spacial score (nSPS) is 17.4. The molecule has 0 bridgehead atoms. The van der Waals surface area contributed by atoms with Crippen molar-refractivity contribution in [1.29, 1.82) is 0 Å². The van der Waals surface area contributed by atoms with Crippen molar-refractivity contribution >= 4 is 17.2 Å². The van der Waals surface area contributed by atoms with Gasteiger partial charge < -0.3 is 14.9 Å². The molecule has 1 aliphatic rings. The number of rotatable bonds is 5. The molecule has 2 aromatic heterocycles. The molecule has 6 nitrogen and oxygen atoms in total. The van der Waals surface area contributed by atoms with Gasteiger partial charge in [0.05, 0.1) is 6.20 Å². The smallest absolute Gasteiger partial charge is 0.165 e. The van der Waals surface area contributed by atoms with E-state index in [1.165, 1.54) is 18.5 Å². The predicted molar refractivity (Wildman–Crippen MR) is 109 cm³/mol. The molecule has 0 saturated carbocycles. The fraction of sp³-hybridized carbons (Fsp3) is 0.429. The number of hydrogen-bond donors (Lipinski definition) is 1. The van der Waals surface area contributed by atoms with E-state index in [2.05, 4.69) is 44.1 Å². The minimum atomic E-state index is 0.220. The van der Waals surface area contributed by atoms with E-state index in [1.54, 1.807) is 0 Å². The van der Waals surface area contributed by atoms with E-state index in [0.29, 0.717) is 6.04 Å². The number of aromatic nitrogens is 3. The fourth-order valence-corrected chi connectivity index (χ4v) is 3.99. The summed E-state index contributed by atoms with van der Waals surface area (Å²) in [5.74, 6) is 1.06. The third-order valence-electron chi connectivity index (χ3n) is 5.46. The summed E-state index contributed by atoms with van der Waals surface area (Å²) in [5, 5.41) is 14.1. The molecule has 1 unspecified atom stereocenters. The van der Waals surface area contributed by atoms with E-state index in [9.17, 15) is 5.11 Å². The van der Waals surface area contributed by atoms with Crippen LogP contribution < -0.4 is 9.80 Å². The van der Waals surface area contributed by atoms with Gasteiger partial charge in [-0.25, -0.2) is 4.98 Å². The third kappa shape index (κ3) is 3.37. The standard InChI is InChI=1S/C21H27N5O/c1-24(2)17-8-6-16(7-9-17)19-15-23-26-20(10-12-22-21(19)26)25-13-4-3-5-18(25)11-14-27/h6-10,12,15,18,27H,3-5,11,13-14H2,1-2H3. The second kappa shape index (κ2) is 7.56. The molecule has 1 aliphatic heterocycles. The monoisotopic (exact) mass is 365 g/mol. The summed E-state index contributed by atoms with van der Waals surface area (Å²) in [6.45, 7) is 1.22. The average Bonchev–Trinajstić information content (AvgIpc) is 3.13. The van der Waals surface area contributed by atoms with Crippen molar-refractivity contribution in [2.75, 3.05) is 37.0 Å². The summed E-state index contributed by atoms with van der Waals surface area (Å²) in [6, 6.07) is 10.9. The highest BCUT2D eigenvalue weighted by atomic mass is 16.3. The summed E-state index contributed by atoms with van der Waals surface area (Å²) in [5.41, 5.74) is 4.20. The molecule has 0 radical (unpaired) electrons. The van der Waals surface area contributed by atoms with E-state index in [-0.39, 0.29) is 6.61 Å². The summed E-state index contributed by atoms with van der Waals surface area (Å²) in [7, 11) is 4.08. The van der Waals surface area contributed by atoms with Crippen LogP contribution in [0.1, 0.15) is 25.7 Å². The first-order valence-electron chi connectivity index (χ1n) is 9.67. The Hall–Kier alpha value is -2.60. The van der Waals surface area contributed by atoms with Crippen molar-refractivity contribution in [3.8, 4) is 11.1 Å². The Bertz CT molecular complexity index is 901. The Morgan fingerprint density at radius 3 is 2.70 bits per heavy atom. The maximum atomic E-state index is 9.45. The molecule has 1 atom stereocenters. The van der Waals surface area contributed by atoms with E-state index in [1.807, 2.05) is 37.1 Å². The maximum absolute atomic E-state index is 9.45. The van der Waals surface area contributed by atoms with Crippen molar-refractivity contribution in [3.63, 3.8) is 0 Å². The van der Waals surface area contributed by atoms with E-state index in [4.69, 9.17) is 0 Å². The van der Waals surface area contributed by atoms with Gasteiger partial charge in [0.25, 0.3) is 0 Å².